The molecule has 0 saturated carbocycles. The number of nitrogens with one attached hydrogen (secondary N) is 2. The van der Waals surface area contributed by atoms with Gasteiger partial charge in [-0.15, -0.1) is 0 Å². The highest BCUT2D eigenvalue weighted by Crippen LogP contribution is 2.15. The molecule has 0 heterocycles. The molecule has 0 aliphatic heterocycles. The minimum absolute atomic E-state index is 0.0717. The lowest BCUT2D eigenvalue weighted by atomic mass is 10.1. The lowest BCUT2D eigenvalue weighted by Crippen LogP contribution is -2.30. The summed E-state index contributed by atoms with van der Waals surface area (Å²) in [5, 5.41) is 5.55. The summed E-state index contributed by atoms with van der Waals surface area (Å²) in [6, 6.07) is 5.34. The van der Waals surface area contributed by atoms with E-state index in [-0.39, 0.29) is 24.3 Å². The quantitative estimate of drug-likeness (QED) is 0.751. The van der Waals surface area contributed by atoms with Crippen LogP contribution in [0.25, 0.3) is 0 Å². The van der Waals surface area contributed by atoms with Gasteiger partial charge in [-0.2, -0.15) is 0 Å². The second-order valence-corrected chi connectivity index (χ2v) is 4.74. The third-order valence-electron chi connectivity index (χ3n) is 2.56. The highest BCUT2D eigenvalue weighted by atomic mass is 16.2. The van der Waals surface area contributed by atoms with Gasteiger partial charge in [0.25, 0.3) is 5.91 Å². The van der Waals surface area contributed by atoms with Crippen LogP contribution in [0.3, 0.4) is 0 Å². The minimum atomic E-state index is -0.151. The molecule has 0 bridgehead atoms. The van der Waals surface area contributed by atoms with E-state index < -0.39 is 0 Å². The highest BCUT2D eigenvalue weighted by Gasteiger charge is 2.11. The smallest absolute Gasteiger partial charge is 0.251 e. The van der Waals surface area contributed by atoms with Crippen LogP contribution in [0.15, 0.2) is 18.2 Å². The van der Waals surface area contributed by atoms with Crippen molar-refractivity contribution in [3.63, 3.8) is 0 Å². The number of nitrogens with two attached hydrogens (primary N) is 1. The first-order valence-electron chi connectivity index (χ1n) is 6.35. The van der Waals surface area contributed by atoms with Crippen LogP contribution in [0.5, 0.6) is 0 Å². The van der Waals surface area contributed by atoms with Gasteiger partial charge in [0, 0.05) is 30.3 Å². The molecular weight excluding hydrogens is 242 g/mol. The minimum Gasteiger partial charge on any atom is -0.350 e. The fraction of sp³-hybridized carbons (Fsp3) is 0.429. The number of carbonyl (C=O) groups excluding carboxylic acids is 2. The number of rotatable bonds is 5. The molecule has 0 saturated heterocycles. The lowest BCUT2D eigenvalue weighted by molar-refractivity contribution is -0.116. The Morgan fingerprint density at radius 1 is 1.32 bits per heavy atom. The van der Waals surface area contributed by atoms with Crippen molar-refractivity contribution < 1.29 is 9.59 Å². The van der Waals surface area contributed by atoms with E-state index in [0.717, 1.165) is 5.56 Å². The van der Waals surface area contributed by atoms with Crippen molar-refractivity contribution in [2.75, 3.05) is 11.9 Å². The molecule has 0 aromatic heterocycles. The molecule has 5 heteroatoms. The van der Waals surface area contributed by atoms with Gasteiger partial charge in [-0.05, 0) is 38.5 Å². The van der Waals surface area contributed by atoms with E-state index in [2.05, 4.69) is 10.6 Å². The SMILES string of the molecule is Cc1ccc(NC(=O)CCN)cc1C(=O)NC(C)C. The molecule has 1 rings (SSSR count). The Kier molecular flexibility index (Phi) is 5.51. The predicted molar refractivity (Wildman–Crippen MR) is 76.1 cm³/mol. The number of hydrogen-bond donors (Lipinski definition) is 3. The monoisotopic (exact) mass is 263 g/mol. The van der Waals surface area contributed by atoms with Crippen molar-refractivity contribution in [1.29, 1.82) is 0 Å². The Hall–Kier alpha value is -1.88. The summed E-state index contributed by atoms with van der Waals surface area (Å²) < 4.78 is 0. The van der Waals surface area contributed by atoms with Crippen molar-refractivity contribution in [3.8, 4) is 0 Å². The topological polar surface area (TPSA) is 84.2 Å². The van der Waals surface area contributed by atoms with Gasteiger partial charge in [-0.1, -0.05) is 6.07 Å². The van der Waals surface area contributed by atoms with Crippen LogP contribution in [0, 0.1) is 6.92 Å². The molecule has 19 heavy (non-hydrogen) atoms. The average Bonchev–Trinajstić information content (AvgIpc) is 2.31. The number of aryl methyl sites for hydroxylation is 1. The molecule has 0 radical (unpaired) electrons. The van der Waals surface area contributed by atoms with Gasteiger partial charge in [0.15, 0.2) is 0 Å². The number of hydrogen-bond acceptors (Lipinski definition) is 3. The summed E-state index contributed by atoms with van der Waals surface area (Å²) in [6.45, 7) is 5.97. The molecule has 0 unspecified atom stereocenters. The van der Waals surface area contributed by atoms with E-state index in [1.54, 1.807) is 12.1 Å². The maximum absolute atomic E-state index is 12.0. The highest BCUT2D eigenvalue weighted by molar-refractivity contribution is 5.98. The zero-order valence-electron chi connectivity index (χ0n) is 11.6. The van der Waals surface area contributed by atoms with E-state index in [9.17, 15) is 9.59 Å². The second kappa shape index (κ2) is 6.89. The molecule has 0 spiro atoms. The van der Waals surface area contributed by atoms with Gasteiger partial charge in [0.2, 0.25) is 5.91 Å². The number of benzene rings is 1. The van der Waals surface area contributed by atoms with Crippen molar-refractivity contribution in [1.82, 2.24) is 5.32 Å². The van der Waals surface area contributed by atoms with E-state index in [1.807, 2.05) is 26.8 Å². The first-order valence-corrected chi connectivity index (χ1v) is 6.35. The van der Waals surface area contributed by atoms with Gasteiger partial charge in [0.1, 0.15) is 0 Å². The normalized spacial score (nSPS) is 10.4. The zero-order chi connectivity index (χ0) is 14.4. The molecule has 5 nitrogen and oxygen atoms in total. The van der Waals surface area contributed by atoms with Crippen LogP contribution in [-0.4, -0.2) is 24.4 Å². The van der Waals surface area contributed by atoms with Gasteiger partial charge in [-0.3, -0.25) is 9.59 Å². The fourth-order valence-corrected chi connectivity index (χ4v) is 1.64. The van der Waals surface area contributed by atoms with Gasteiger partial charge < -0.3 is 16.4 Å². The van der Waals surface area contributed by atoms with Gasteiger partial charge >= 0.3 is 0 Å². The van der Waals surface area contributed by atoms with Gasteiger partial charge in [0.05, 0.1) is 0 Å². The van der Waals surface area contributed by atoms with E-state index >= 15 is 0 Å². The molecule has 2 amide bonds. The molecule has 0 aliphatic carbocycles. The first-order chi connectivity index (χ1) is 8.93. The molecular formula is C14H21N3O2. The molecule has 4 N–H and O–H groups in total. The number of carbonyl (C=O) groups is 2. The Bertz CT molecular complexity index is 470. The summed E-state index contributed by atoms with van der Waals surface area (Å²) in [6.07, 6.45) is 0.265. The fourth-order valence-electron chi connectivity index (χ4n) is 1.64. The molecule has 0 atom stereocenters. The summed E-state index contributed by atoms with van der Waals surface area (Å²) in [5.41, 5.74) is 7.36. The second-order valence-electron chi connectivity index (χ2n) is 4.74. The maximum Gasteiger partial charge on any atom is 0.251 e. The Labute approximate surface area is 113 Å². The van der Waals surface area contributed by atoms with Crippen LogP contribution < -0.4 is 16.4 Å². The molecule has 104 valence electrons. The first kappa shape index (κ1) is 15.2. The van der Waals surface area contributed by atoms with Crippen LogP contribution in [0.2, 0.25) is 0 Å². The maximum atomic E-state index is 12.0. The summed E-state index contributed by atoms with van der Waals surface area (Å²) in [7, 11) is 0. The van der Waals surface area contributed by atoms with Crippen molar-refractivity contribution in [2.24, 2.45) is 5.73 Å². The van der Waals surface area contributed by atoms with Gasteiger partial charge in [-0.25, -0.2) is 0 Å². The van der Waals surface area contributed by atoms with Crippen LogP contribution >= 0.6 is 0 Å². The molecule has 0 fully saturated rings. The van der Waals surface area contributed by atoms with E-state index in [1.165, 1.54) is 0 Å². The molecule has 1 aromatic carbocycles. The third kappa shape index (κ3) is 4.71. The number of anilines is 1. The molecule has 1 aromatic rings. The summed E-state index contributed by atoms with van der Waals surface area (Å²) >= 11 is 0. The van der Waals surface area contributed by atoms with E-state index in [0.29, 0.717) is 17.8 Å². The Morgan fingerprint density at radius 3 is 2.58 bits per heavy atom. The summed E-state index contributed by atoms with van der Waals surface area (Å²) in [5.74, 6) is -0.288. The predicted octanol–water partition coefficient (Wildman–Crippen LogP) is 1.42. The standard InChI is InChI=1S/C14H21N3O2/c1-9(2)16-14(19)12-8-11(5-4-10(12)3)17-13(18)6-7-15/h4-5,8-9H,6-7,15H2,1-3H3,(H,16,19)(H,17,18). The zero-order valence-corrected chi connectivity index (χ0v) is 11.6. The van der Waals surface area contributed by atoms with Crippen LogP contribution in [0.1, 0.15) is 36.2 Å². The van der Waals surface area contributed by atoms with Crippen molar-refractivity contribution >= 4 is 17.5 Å². The largest absolute Gasteiger partial charge is 0.350 e. The summed E-state index contributed by atoms with van der Waals surface area (Å²) in [4.78, 5) is 23.5. The van der Waals surface area contributed by atoms with E-state index in [4.69, 9.17) is 5.73 Å². The average molecular weight is 263 g/mol. The van der Waals surface area contributed by atoms with Crippen molar-refractivity contribution in [2.45, 2.75) is 33.2 Å². The Morgan fingerprint density at radius 2 is 2.00 bits per heavy atom. The number of amides is 2. The Balaban J connectivity index is 2.88. The van der Waals surface area contributed by atoms with Crippen LogP contribution in [-0.2, 0) is 4.79 Å². The third-order valence-corrected chi connectivity index (χ3v) is 2.56. The van der Waals surface area contributed by atoms with Crippen molar-refractivity contribution in [3.05, 3.63) is 29.3 Å². The lowest BCUT2D eigenvalue weighted by Gasteiger charge is -2.12. The van der Waals surface area contributed by atoms with Crippen LogP contribution in [0.4, 0.5) is 5.69 Å². The molecule has 0 aliphatic rings.